The van der Waals surface area contributed by atoms with E-state index in [0.29, 0.717) is 16.9 Å². The maximum absolute atomic E-state index is 13.8. The van der Waals surface area contributed by atoms with E-state index in [2.05, 4.69) is 10.5 Å². The van der Waals surface area contributed by atoms with Crippen molar-refractivity contribution in [1.29, 1.82) is 0 Å². The number of esters is 1. The average molecular weight is 655 g/mol. The van der Waals surface area contributed by atoms with Crippen LogP contribution in [0.4, 0.5) is 11.4 Å². The molecule has 4 rings (SSSR count). The van der Waals surface area contributed by atoms with E-state index in [4.69, 9.17) is 25.5 Å². The van der Waals surface area contributed by atoms with Gasteiger partial charge in [-0.1, -0.05) is 29.8 Å². The Hall–Kier alpha value is -5.21. The van der Waals surface area contributed by atoms with Crippen LogP contribution in [0.2, 0.25) is 5.02 Å². The molecular weight excluding hydrogens is 628 g/mol. The third-order valence-corrected chi connectivity index (χ3v) is 8.34. The van der Waals surface area contributed by atoms with Gasteiger partial charge < -0.3 is 13.9 Å². The van der Waals surface area contributed by atoms with Gasteiger partial charge in [-0.25, -0.2) is 18.6 Å². The van der Waals surface area contributed by atoms with Crippen LogP contribution >= 0.6 is 11.6 Å². The van der Waals surface area contributed by atoms with E-state index in [-0.39, 0.29) is 34.4 Å². The predicted octanol–water partition coefficient (Wildman–Crippen LogP) is 5.35. The smallest absolute Gasteiger partial charge is 0.338 e. The molecule has 13 nitrogen and oxygen atoms in total. The third kappa shape index (κ3) is 7.66. The molecule has 0 saturated heterocycles. The second kappa shape index (κ2) is 14.1. The molecule has 0 unspecified atom stereocenters. The first-order valence-corrected chi connectivity index (χ1v) is 15.1. The molecular formula is C30H27ClN4O9S. The van der Waals surface area contributed by atoms with Crippen molar-refractivity contribution in [1.82, 2.24) is 5.43 Å². The number of benzene rings is 3. The number of anilines is 1. The number of amides is 1. The number of nitro groups is 1. The quantitative estimate of drug-likeness (QED) is 0.0915. The summed E-state index contributed by atoms with van der Waals surface area (Å²) in [6.07, 6.45) is 1.22. The van der Waals surface area contributed by atoms with Crippen LogP contribution in [-0.2, 0) is 19.6 Å². The highest BCUT2D eigenvalue weighted by molar-refractivity contribution is 7.92. The van der Waals surface area contributed by atoms with Gasteiger partial charge in [0.1, 0.15) is 23.8 Å². The van der Waals surface area contributed by atoms with Crippen LogP contribution in [0.3, 0.4) is 0 Å². The molecule has 0 aliphatic heterocycles. The number of aryl methyl sites for hydroxylation is 1. The van der Waals surface area contributed by atoms with Crippen LogP contribution < -0.4 is 14.5 Å². The molecule has 0 atom stereocenters. The molecule has 234 valence electrons. The highest BCUT2D eigenvalue weighted by Crippen LogP contribution is 2.35. The van der Waals surface area contributed by atoms with Gasteiger partial charge in [-0.15, -0.1) is 0 Å². The Morgan fingerprint density at radius 1 is 1.09 bits per heavy atom. The first-order chi connectivity index (χ1) is 21.4. The lowest BCUT2D eigenvalue weighted by Crippen LogP contribution is -2.39. The highest BCUT2D eigenvalue weighted by Gasteiger charge is 2.31. The summed E-state index contributed by atoms with van der Waals surface area (Å²) in [5, 5.41) is 15.5. The minimum absolute atomic E-state index is 0.0722. The Balaban J connectivity index is 1.55. The lowest BCUT2D eigenvalue weighted by atomic mass is 10.1. The summed E-state index contributed by atoms with van der Waals surface area (Å²) in [7, 11) is -3.25. The van der Waals surface area contributed by atoms with Crippen LogP contribution in [0.15, 0.2) is 87.2 Å². The second-order valence-corrected chi connectivity index (χ2v) is 11.6. The number of hydrogen-bond acceptors (Lipinski definition) is 10. The molecule has 0 bridgehead atoms. The Morgan fingerprint density at radius 3 is 2.49 bits per heavy atom. The summed E-state index contributed by atoms with van der Waals surface area (Å²) < 4.78 is 44.4. The fourth-order valence-corrected chi connectivity index (χ4v) is 5.74. The summed E-state index contributed by atoms with van der Waals surface area (Å²) in [5.41, 5.74) is 3.11. The first kappa shape index (κ1) is 32.7. The van der Waals surface area contributed by atoms with E-state index in [1.54, 1.807) is 43.3 Å². The summed E-state index contributed by atoms with van der Waals surface area (Å²) >= 11 is 6.15. The Kier molecular flexibility index (Phi) is 10.2. The van der Waals surface area contributed by atoms with Crippen molar-refractivity contribution in [3.63, 3.8) is 0 Å². The number of carbonyl (C=O) groups is 2. The first-order valence-electron chi connectivity index (χ1n) is 13.2. The van der Waals surface area contributed by atoms with Crippen molar-refractivity contribution in [3.05, 3.63) is 105 Å². The SMILES string of the molecule is CCOC(=O)c1ccc(-c2ccc(/C=N\NC(=O)CN(c3cc(Cl)ccc3OC)S(=O)(=O)c3ccc(C)c([N+](=O)[O-])c3)o2)cc1. The van der Waals surface area contributed by atoms with Gasteiger partial charge in [0.2, 0.25) is 0 Å². The molecule has 4 aromatic rings. The van der Waals surface area contributed by atoms with Crippen molar-refractivity contribution in [3.8, 4) is 17.1 Å². The van der Waals surface area contributed by atoms with E-state index in [9.17, 15) is 28.1 Å². The molecule has 0 saturated carbocycles. The van der Waals surface area contributed by atoms with Gasteiger partial charge >= 0.3 is 5.97 Å². The maximum atomic E-state index is 13.8. The standard InChI is InChI=1S/C30H27ClN4O9S/c1-4-43-30(37)21-8-6-20(7-9-21)27-14-11-23(44-27)17-32-33-29(36)18-34(26-15-22(31)10-13-28(26)42-3)45(40,41)24-12-5-19(2)25(16-24)35(38)39/h5-17H,4,18H2,1-3H3,(H,33,36)/b32-17-. The monoisotopic (exact) mass is 654 g/mol. The normalized spacial score (nSPS) is 11.3. The molecule has 0 fully saturated rings. The number of sulfonamides is 1. The van der Waals surface area contributed by atoms with Crippen molar-refractivity contribution in [2.24, 2.45) is 5.10 Å². The predicted molar refractivity (Wildman–Crippen MR) is 166 cm³/mol. The van der Waals surface area contributed by atoms with E-state index >= 15 is 0 Å². The van der Waals surface area contributed by atoms with Gasteiger partial charge in [-0.3, -0.25) is 19.2 Å². The van der Waals surface area contributed by atoms with Gasteiger partial charge in [-0.05, 0) is 62.4 Å². The Bertz CT molecular complexity index is 1870. The highest BCUT2D eigenvalue weighted by atomic mass is 35.5. The Morgan fingerprint density at radius 2 is 1.82 bits per heavy atom. The number of methoxy groups -OCH3 is 1. The van der Waals surface area contributed by atoms with E-state index < -0.39 is 44.0 Å². The van der Waals surface area contributed by atoms with Crippen LogP contribution in [0, 0.1) is 17.0 Å². The molecule has 1 heterocycles. The number of carbonyl (C=O) groups excluding carboxylic acids is 2. The van der Waals surface area contributed by atoms with Gasteiger partial charge in [0.05, 0.1) is 41.0 Å². The molecule has 0 aliphatic carbocycles. The molecule has 1 amide bonds. The number of nitrogens with one attached hydrogen (secondary N) is 1. The zero-order valence-corrected chi connectivity index (χ0v) is 25.8. The molecule has 0 aliphatic rings. The largest absolute Gasteiger partial charge is 0.495 e. The number of halogens is 1. The minimum atomic E-state index is -4.56. The number of hydrogen-bond donors (Lipinski definition) is 1. The molecule has 0 spiro atoms. The van der Waals surface area contributed by atoms with Crippen LogP contribution in [0.1, 0.15) is 28.6 Å². The molecule has 0 radical (unpaired) electrons. The molecule has 3 aromatic carbocycles. The van der Waals surface area contributed by atoms with Crippen molar-refractivity contribution in [2.45, 2.75) is 18.7 Å². The summed E-state index contributed by atoms with van der Waals surface area (Å²) in [5.74, 6) is -0.463. The zero-order valence-electron chi connectivity index (χ0n) is 24.2. The number of ether oxygens (including phenoxy) is 2. The van der Waals surface area contributed by atoms with Crippen LogP contribution in [-0.4, -0.2) is 51.7 Å². The molecule has 1 N–H and O–H groups in total. The number of hydrazone groups is 1. The van der Waals surface area contributed by atoms with Gasteiger partial charge in [0.25, 0.3) is 21.6 Å². The third-order valence-electron chi connectivity index (χ3n) is 6.35. The van der Waals surface area contributed by atoms with Gasteiger partial charge in [0.15, 0.2) is 0 Å². The minimum Gasteiger partial charge on any atom is -0.495 e. The number of rotatable bonds is 12. The van der Waals surface area contributed by atoms with Gasteiger partial charge in [-0.2, -0.15) is 5.10 Å². The number of furan rings is 1. The topological polar surface area (TPSA) is 171 Å². The fourth-order valence-electron chi connectivity index (χ4n) is 4.13. The van der Waals surface area contributed by atoms with Crippen molar-refractivity contribution >= 4 is 51.1 Å². The van der Waals surface area contributed by atoms with E-state index in [0.717, 1.165) is 10.4 Å². The maximum Gasteiger partial charge on any atom is 0.338 e. The summed E-state index contributed by atoms with van der Waals surface area (Å²) in [6, 6.07) is 17.5. The van der Waals surface area contributed by atoms with Crippen LogP contribution in [0.25, 0.3) is 11.3 Å². The second-order valence-electron chi connectivity index (χ2n) is 9.33. The number of nitrogens with zero attached hydrogens (tertiary/aromatic N) is 3. The molecule has 1 aromatic heterocycles. The average Bonchev–Trinajstić information content (AvgIpc) is 3.49. The molecule has 45 heavy (non-hydrogen) atoms. The zero-order chi connectivity index (χ0) is 32.7. The van der Waals surface area contributed by atoms with Gasteiger partial charge in [0, 0.05) is 22.2 Å². The lowest BCUT2D eigenvalue weighted by Gasteiger charge is -2.25. The van der Waals surface area contributed by atoms with Crippen LogP contribution in [0.5, 0.6) is 5.75 Å². The summed E-state index contributed by atoms with van der Waals surface area (Å²) in [6.45, 7) is 2.67. The lowest BCUT2D eigenvalue weighted by molar-refractivity contribution is -0.385. The fraction of sp³-hybridized carbons (Fsp3) is 0.167. The summed E-state index contributed by atoms with van der Waals surface area (Å²) in [4.78, 5) is 35.2. The van der Waals surface area contributed by atoms with Crippen molar-refractivity contribution < 1.29 is 36.8 Å². The van der Waals surface area contributed by atoms with E-state index in [1.807, 2.05) is 0 Å². The van der Waals surface area contributed by atoms with E-state index in [1.165, 1.54) is 50.6 Å². The Labute approximate surface area is 263 Å². The number of nitro benzene ring substituents is 1. The van der Waals surface area contributed by atoms with Crippen molar-refractivity contribution in [2.75, 3.05) is 24.6 Å². The molecule has 15 heteroatoms.